The van der Waals surface area contributed by atoms with Crippen molar-refractivity contribution in [2.75, 3.05) is 0 Å². The third kappa shape index (κ3) is 12.6. The Hall–Kier alpha value is -4.44. The van der Waals surface area contributed by atoms with Gasteiger partial charge >= 0.3 is 0 Å². The van der Waals surface area contributed by atoms with Crippen molar-refractivity contribution < 1.29 is 31.4 Å². The zero-order chi connectivity index (χ0) is 43.5. The molecule has 0 amide bonds. The topological polar surface area (TPSA) is 63.1 Å². The SMILES string of the molecule is CCC(CC)C(=O)/C=C(\O)C(CC)CC.Cc1[c-]c(-c2nccc3cc(C4CCCC4)ccc23)cc(C)c1.[2H]c1cc2cc(C(C)C)ccc2c(-c2[c-]c(C)cc(C)c2)n1.[Ir]. The van der Waals surface area contributed by atoms with Gasteiger partial charge in [0.05, 0.1) is 7.13 Å². The van der Waals surface area contributed by atoms with Crippen molar-refractivity contribution in [2.45, 2.75) is 132 Å². The summed E-state index contributed by atoms with van der Waals surface area (Å²) in [6.45, 7) is 20.8. The van der Waals surface area contributed by atoms with Crippen LogP contribution in [0.15, 0.2) is 97.0 Å². The third-order valence-corrected chi connectivity index (χ3v) is 11.9. The van der Waals surface area contributed by atoms with E-state index in [0.717, 1.165) is 70.5 Å². The zero-order valence-electron chi connectivity index (χ0n) is 38.6. The molecule has 1 aliphatic rings. The van der Waals surface area contributed by atoms with Crippen LogP contribution in [0.5, 0.6) is 0 Å². The van der Waals surface area contributed by atoms with Crippen LogP contribution in [0, 0.1) is 51.7 Å². The number of hydrogen-bond acceptors (Lipinski definition) is 4. The van der Waals surface area contributed by atoms with E-state index in [1.807, 2.05) is 46.9 Å². The van der Waals surface area contributed by atoms with Gasteiger partial charge in [0.2, 0.25) is 0 Å². The molecule has 1 radical (unpaired) electrons. The summed E-state index contributed by atoms with van der Waals surface area (Å²) in [5, 5.41) is 14.5. The molecule has 0 atom stereocenters. The Kier molecular flexibility index (Phi) is 17.8. The minimum absolute atomic E-state index is 0. The first-order chi connectivity index (χ1) is 28.7. The van der Waals surface area contributed by atoms with Crippen LogP contribution in [0.4, 0.5) is 0 Å². The van der Waals surface area contributed by atoms with Gasteiger partial charge in [-0.15, -0.1) is 69.8 Å². The molecule has 319 valence electrons. The van der Waals surface area contributed by atoms with Crippen molar-refractivity contribution in [1.82, 2.24) is 9.97 Å². The maximum Gasteiger partial charge on any atom is 0.162 e. The van der Waals surface area contributed by atoms with Gasteiger partial charge in [0.1, 0.15) is 0 Å². The van der Waals surface area contributed by atoms with Crippen molar-refractivity contribution >= 4 is 27.3 Å². The smallest absolute Gasteiger partial charge is 0.162 e. The van der Waals surface area contributed by atoms with E-state index in [1.54, 1.807) is 0 Å². The van der Waals surface area contributed by atoms with Gasteiger partial charge in [0.15, 0.2) is 5.78 Å². The molecule has 4 aromatic carbocycles. The molecule has 0 unspecified atom stereocenters. The predicted octanol–water partition coefficient (Wildman–Crippen LogP) is 15.3. The molecule has 60 heavy (non-hydrogen) atoms. The average molecular weight is 980 g/mol. The van der Waals surface area contributed by atoms with Crippen LogP contribution >= 0.6 is 0 Å². The fraction of sp³-hybridized carbons (Fsp3) is 0.400. The normalized spacial score (nSPS) is 13.2. The minimum Gasteiger partial charge on any atom is -0.512 e. The molecule has 5 heteroatoms. The van der Waals surface area contributed by atoms with Gasteiger partial charge < -0.3 is 15.1 Å². The number of aromatic nitrogens is 2. The van der Waals surface area contributed by atoms with Crippen LogP contribution in [-0.4, -0.2) is 20.9 Å². The van der Waals surface area contributed by atoms with E-state index in [2.05, 4.69) is 123 Å². The number of pyridine rings is 2. The molecule has 2 heterocycles. The molecule has 0 saturated heterocycles. The number of hydrogen-bond donors (Lipinski definition) is 1. The molecule has 1 aliphatic carbocycles. The first kappa shape index (κ1) is 46.6. The van der Waals surface area contributed by atoms with Crippen LogP contribution < -0.4 is 0 Å². The first-order valence-electron chi connectivity index (χ1n) is 22.5. The molecule has 4 nitrogen and oxygen atoms in total. The van der Waals surface area contributed by atoms with E-state index in [-0.39, 0.29) is 43.5 Å². The van der Waals surface area contributed by atoms with Crippen molar-refractivity contribution in [1.29, 1.82) is 0 Å². The van der Waals surface area contributed by atoms with Crippen molar-refractivity contribution in [3.63, 3.8) is 0 Å². The van der Waals surface area contributed by atoms with E-state index in [4.69, 9.17) is 1.37 Å². The summed E-state index contributed by atoms with van der Waals surface area (Å²) in [5.74, 6) is 1.78. The van der Waals surface area contributed by atoms with E-state index in [1.165, 1.54) is 70.3 Å². The standard InChI is InChI=1S/C22H22N.C20H20N.C13H24O2.Ir/c1-15-11-16(2)13-20(12-15)22-21-8-7-18(17-5-3-4-6-17)14-19(21)9-10-23-22;1-13(2)16-5-6-19-17(12-16)7-8-21-20(19)18-10-14(3)9-15(4)11-18;1-5-10(6-2)12(14)9-13(15)11(7-3)8-4;/h7-12,14,17H,3-6H2,1-2H3;5-10,12-13H,1-4H3;9-11,14H,5-8H2,1-4H3;/q2*-1;;/b;;12-9-;/i;8D;;. The first-order valence-corrected chi connectivity index (χ1v) is 22.0. The fourth-order valence-electron chi connectivity index (χ4n) is 8.46. The van der Waals surface area contributed by atoms with Gasteiger partial charge in [-0.25, -0.2) is 0 Å². The molecule has 0 aliphatic heterocycles. The molecule has 1 N–H and O–H groups in total. The molecular weight excluding hydrogens is 913 g/mol. The van der Waals surface area contributed by atoms with Crippen LogP contribution in [0.25, 0.3) is 44.1 Å². The number of carbonyl (C=O) groups is 1. The van der Waals surface area contributed by atoms with Crippen LogP contribution in [0.1, 0.15) is 139 Å². The second kappa shape index (κ2) is 23.0. The van der Waals surface area contributed by atoms with Crippen LogP contribution in [0.2, 0.25) is 0 Å². The summed E-state index contributed by atoms with van der Waals surface area (Å²) in [4.78, 5) is 20.8. The van der Waals surface area contributed by atoms with Gasteiger partial charge in [0.25, 0.3) is 0 Å². The van der Waals surface area contributed by atoms with Crippen molar-refractivity contribution in [3.05, 3.63) is 143 Å². The molecule has 0 spiro atoms. The number of ketones is 1. The number of aliphatic hydroxyl groups excluding tert-OH is 1. The quantitative estimate of drug-likeness (QED) is 0.0798. The monoisotopic (exact) mass is 980 g/mol. The Morgan fingerprint density at radius 1 is 0.733 bits per heavy atom. The van der Waals surface area contributed by atoms with Crippen molar-refractivity contribution in [3.8, 4) is 22.5 Å². The Bertz CT molecular complexity index is 2380. The maximum absolute atomic E-state index is 11.7. The molecule has 1 fully saturated rings. The number of fused-ring (bicyclic) bond motifs is 2. The molecule has 7 rings (SSSR count). The summed E-state index contributed by atoms with van der Waals surface area (Å²) in [7, 11) is 0. The second-order valence-electron chi connectivity index (χ2n) is 16.9. The molecular formula is C55H66IrN2O2-2. The Morgan fingerprint density at radius 2 is 1.27 bits per heavy atom. The average Bonchev–Trinajstić information content (AvgIpc) is 3.76. The molecule has 2 aromatic heterocycles. The Balaban J connectivity index is 0.000000205. The summed E-state index contributed by atoms with van der Waals surface area (Å²) in [6, 6.07) is 32.7. The van der Waals surface area contributed by atoms with E-state index in [0.29, 0.717) is 12.1 Å². The van der Waals surface area contributed by atoms with E-state index < -0.39 is 0 Å². The maximum atomic E-state index is 11.7. The zero-order valence-corrected chi connectivity index (χ0v) is 40.0. The Labute approximate surface area is 376 Å². The molecule has 6 aromatic rings. The van der Waals surface area contributed by atoms with Gasteiger partial charge in [-0.05, 0) is 107 Å². The number of aryl methyl sites for hydroxylation is 4. The Morgan fingerprint density at radius 3 is 1.80 bits per heavy atom. The number of rotatable bonds is 11. The number of benzene rings is 4. The van der Waals surface area contributed by atoms with Crippen LogP contribution in [0.3, 0.4) is 0 Å². The number of carbonyl (C=O) groups excluding carboxylic acids is 1. The summed E-state index contributed by atoms with van der Waals surface area (Å²) in [5.41, 5.74) is 11.5. The van der Waals surface area contributed by atoms with Gasteiger partial charge in [0, 0.05) is 50.4 Å². The number of nitrogens with zero attached hydrogens (tertiary/aromatic N) is 2. The fourth-order valence-corrected chi connectivity index (χ4v) is 8.46. The van der Waals surface area contributed by atoms with Crippen LogP contribution in [-0.2, 0) is 24.9 Å². The predicted molar refractivity (Wildman–Crippen MR) is 250 cm³/mol. The minimum atomic E-state index is 0. The largest absolute Gasteiger partial charge is 0.512 e. The van der Waals surface area contributed by atoms with E-state index >= 15 is 0 Å². The summed E-state index contributed by atoms with van der Waals surface area (Å²) < 4.78 is 8.03. The van der Waals surface area contributed by atoms with Gasteiger partial charge in [-0.3, -0.25) is 4.79 Å². The number of allylic oxidation sites excluding steroid dienone is 2. The summed E-state index contributed by atoms with van der Waals surface area (Å²) in [6.07, 6.45) is 12.6. The van der Waals surface area contributed by atoms with E-state index in [9.17, 15) is 9.90 Å². The molecule has 0 bridgehead atoms. The second-order valence-corrected chi connectivity index (χ2v) is 16.9. The van der Waals surface area contributed by atoms with Gasteiger partial charge in [-0.2, -0.15) is 0 Å². The third-order valence-electron chi connectivity index (χ3n) is 11.9. The summed E-state index contributed by atoms with van der Waals surface area (Å²) >= 11 is 0. The molecule has 1 saturated carbocycles. The number of aliphatic hydroxyl groups is 1. The van der Waals surface area contributed by atoms with Crippen molar-refractivity contribution in [2.24, 2.45) is 11.8 Å². The van der Waals surface area contributed by atoms with Gasteiger partial charge in [-0.1, -0.05) is 118 Å².